The number of ether oxygens (including phenoxy) is 1. The molecule has 0 saturated carbocycles. The molecule has 3 rings (SSSR count). The standard InChI is InChI=1S/C34H51N3O4S/c1-3-4-5-6-7-8-9-10-11-12-13-14-15-16-17-20-25-41-32-24-23-28(26-30(32)34(38)39)42(40)37-36-33-27(2)29-21-18-19-22-31(29)35-33/h18-19,21-24,26-27,37H,3-17,20,25H2,1-2H3,(H,35,36)(H,38,39). The van der Waals surface area contributed by atoms with Crippen LogP contribution in [0.2, 0.25) is 0 Å². The summed E-state index contributed by atoms with van der Waals surface area (Å²) in [7, 11) is -1.67. The highest BCUT2D eigenvalue weighted by molar-refractivity contribution is 7.83. The molecule has 1 aliphatic heterocycles. The zero-order chi connectivity index (χ0) is 30.0. The Morgan fingerprint density at radius 1 is 0.857 bits per heavy atom. The largest absolute Gasteiger partial charge is 0.493 e. The minimum absolute atomic E-state index is 0.0122. The van der Waals surface area contributed by atoms with Crippen LogP contribution in [0, 0.1) is 0 Å². The van der Waals surface area contributed by atoms with Gasteiger partial charge in [-0.05, 0) is 36.2 Å². The summed E-state index contributed by atoms with van der Waals surface area (Å²) in [4.78, 5) is 19.5. The topological polar surface area (TPSA) is 100 Å². The van der Waals surface area contributed by atoms with Gasteiger partial charge in [0.1, 0.15) is 28.1 Å². The fourth-order valence-electron chi connectivity index (χ4n) is 5.37. The highest BCUT2D eigenvalue weighted by Gasteiger charge is 2.23. The van der Waals surface area contributed by atoms with Crippen LogP contribution < -0.4 is 15.0 Å². The van der Waals surface area contributed by atoms with Gasteiger partial charge in [0.25, 0.3) is 0 Å². The molecule has 0 spiro atoms. The molecule has 2 atom stereocenters. The number of aliphatic imine (C=N–C) groups is 1. The molecule has 0 amide bonds. The minimum Gasteiger partial charge on any atom is -0.493 e. The summed E-state index contributed by atoms with van der Waals surface area (Å²) in [6, 6.07) is 12.5. The van der Waals surface area contributed by atoms with Gasteiger partial charge in [-0.2, -0.15) is 0 Å². The highest BCUT2D eigenvalue weighted by Crippen LogP contribution is 2.33. The monoisotopic (exact) mass is 597 g/mol. The van der Waals surface area contributed by atoms with Crippen molar-refractivity contribution in [1.29, 1.82) is 0 Å². The summed E-state index contributed by atoms with van der Waals surface area (Å²) in [6.45, 7) is 4.77. The molecule has 0 aromatic heterocycles. The summed E-state index contributed by atoms with van der Waals surface area (Å²) >= 11 is 0. The third-order valence-electron chi connectivity index (χ3n) is 7.98. The molecule has 1 aliphatic rings. The van der Waals surface area contributed by atoms with Crippen molar-refractivity contribution in [1.82, 2.24) is 10.3 Å². The van der Waals surface area contributed by atoms with E-state index in [1.807, 2.05) is 31.2 Å². The van der Waals surface area contributed by atoms with Gasteiger partial charge in [0.15, 0.2) is 0 Å². The Hall–Kier alpha value is -2.71. The van der Waals surface area contributed by atoms with Crippen molar-refractivity contribution in [2.75, 3.05) is 6.61 Å². The number of nitrogens with one attached hydrogen (secondary N) is 2. The van der Waals surface area contributed by atoms with Gasteiger partial charge >= 0.3 is 5.97 Å². The first kappa shape index (κ1) is 33.8. The molecular weight excluding hydrogens is 546 g/mol. The van der Waals surface area contributed by atoms with E-state index in [1.54, 1.807) is 12.1 Å². The summed E-state index contributed by atoms with van der Waals surface area (Å²) < 4.78 is 18.7. The highest BCUT2D eigenvalue weighted by atomic mass is 32.2. The first-order valence-electron chi connectivity index (χ1n) is 16.1. The number of nitrogens with zero attached hydrogens (tertiary/aromatic N) is 1. The maximum absolute atomic E-state index is 12.8. The van der Waals surface area contributed by atoms with Crippen LogP contribution in [-0.2, 0) is 11.0 Å². The molecule has 3 N–H and O–H groups in total. The van der Waals surface area contributed by atoms with Gasteiger partial charge in [0.2, 0.25) is 0 Å². The number of amidine groups is 1. The molecule has 0 saturated heterocycles. The Morgan fingerprint density at radius 2 is 1.43 bits per heavy atom. The maximum atomic E-state index is 12.8. The third kappa shape index (κ3) is 11.5. The van der Waals surface area contributed by atoms with Gasteiger partial charge in [-0.3, -0.25) is 5.43 Å². The molecule has 0 fully saturated rings. The van der Waals surface area contributed by atoms with Gasteiger partial charge in [-0.25, -0.2) is 14.0 Å². The van der Waals surface area contributed by atoms with Gasteiger partial charge in [0.05, 0.1) is 17.2 Å². The lowest BCUT2D eigenvalue weighted by molar-refractivity contribution is 0.0691. The van der Waals surface area contributed by atoms with Crippen LogP contribution in [0.1, 0.15) is 138 Å². The molecular formula is C34H51N3O4S. The fraction of sp³-hybridized carbons (Fsp3) is 0.588. The zero-order valence-electron chi connectivity index (χ0n) is 25.7. The Bertz CT molecular complexity index is 1150. The average molecular weight is 598 g/mol. The van der Waals surface area contributed by atoms with Gasteiger partial charge in [0, 0.05) is 5.92 Å². The van der Waals surface area contributed by atoms with Crippen molar-refractivity contribution < 1.29 is 18.8 Å². The van der Waals surface area contributed by atoms with Crippen LogP contribution >= 0.6 is 0 Å². The fourth-order valence-corrected chi connectivity index (χ4v) is 6.10. The molecule has 2 aromatic carbocycles. The van der Waals surface area contributed by atoms with Crippen molar-refractivity contribution in [2.24, 2.45) is 4.99 Å². The second kappa shape index (κ2) is 19.5. The Kier molecular flexibility index (Phi) is 15.7. The second-order valence-electron chi connectivity index (χ2n) is 11.4. The van der Waals surface area contributed by atoms with E-state index < -0.39 is 17.0 Å². The zero-order valence-corrected chi connectivity index (χ0v) is 26.5. The second-order valence-corrected chi connectivity index (χ2v) is 12.6. The Balaban J connectivity index is 1.26. The first-order chi connectivity index (χ1) is 20.5. The molecule has 0 radical (unpaired) electrons. The number of rotatable bonds is 22. The molecule has 0 bridgehead atoms. The van der Waals surface area contributed by atoms with Crippen molar-refractivity contribution in [3.63, 3.8) is 0 Å². The third-order valence-corrected chi connectivity index (χ3v) is 8.95. The summed E-state index contributed by atoms with van der Waals surface area (Å²) in [5, 5.41) is 9.72. The van der Waals surface area contributed by atoms with E-state index in [9.17, 15) is 14.1 Å². The predicted molar refractivity (Wildman–Crippen MR) is 173 cm³/mol. The quantitative estimate of drug-likeness (QED) is 0.0929. The number of para-hydroxylation sites is 1. The van der Waals surface area contributed by atoms with Crippen LogP contribution in [0.3, 0.4) is 0 Å². The molecule has 0 aliphatic carbocycles. The molecule has 7 nitrogen and oxygen atoms in total. The minimum atomic E-state index is -1.67. The van der Waals surface area contributed by atoms with E-state index >= 15 is 0 Å². The normalized spacial score (nSPS) is 14.8. The lowest BCUT2D eigenvalue weighted by Crippen LogP contribution is -2.39. The van der Waals surface area contributed by atoms with Crippen molar-refractivity contribution >= 4 is 28.5 Å². The molecule has 232 valence electrons. The molecule has 1 heterocycles. The van der Waals surface area contributed by atoms with E-state index in [4.69, 9.17) is 4.74 Å². The number of fused-ring (bicyclic) bond motifs is 1. The predicted octanol–water partition coefficient (Wildman–Crippen LogP) is 8.99. The summed E-state index contributed by atoms with van der Waals surface area (Å²) in [6.07, 6.45) is 20.9. The lowest BCUT2D eigenvalue weighted by atomic mass is 10.0. The van der Waals surface area contributed by atoms with Crippen molar-refractivity contribution in [2.45, 2.75) is 127 Å². The van der Waals surface area contributed by atoms with E-state index in [0.29, 0.717) is 23.1 Å². The number of hydrogen-bond donors (Lipinski definition) is 3. The number of aromatic carboxylic acids is 1. The van der Waals surface area contributed by atoms with E-state index in [0.717, 1.165) is 24.1 Å². The van der Waals surface area contributed by atoms with Crippen LogP contribution in [0.5, 0.6) is 5.75 Å². The molecule has 2 unspecified atom stereocenters. The molecule has 42 heavy (non-hydrogen) atoms. The smallest absolute Gasteiger partial charge is 0.339 e. The van der Waals surface area contributed by atoms with E-state index in [2.05, 4.69) is 22.2 Å². The van der Waals surface area contributed by atoms with Crippen molar-refractivity contribution in [3.05, 3.63) is 53.6 Å². The molecule has 8 heteroatoms. The van der Waals surface area contributed by atoms with Crippen LogP contribution in [-0.4, -0.2) is 27.7 Å². The first-order valence-corrected chi connectivity index (χ1v) is 17.3. The van der Waals surface area contributed by atoms with Crippen LogP contribution in [0.4, 0.5) is 5.69 Å². The van der Waals surface area contributed by atoms with E-state index in [-0.39, 0.29) is 11.5 Å². The Morgan fingerprint density at radius 3 is 2.00 bits per heavy atom. The van der Waals surface area contributed by atoms with Crippen molar-refractivity contribution in [3.8, 4) is 5.75 Å². The van der Waals surface area contributed by atoms with Gasteiger partial charge in [-0.1, -0.05) is 128 Å². The number of hydrazine groups is 1. The average Bonchev–Trinajstić information content (AvgIpc) is 3.32. The number of carboxylic acid groups (broad SMARTS) is 1. The van der Waals surface area contributed by atoms with Gasteiger partial charge < -0.3 is 9.84 Å². The van der Waals surface area contributed by atoms with Gasteiger partial charge in [-0.15, -0.1) is 4.83 Å². The number of unbranched alkanes of at least 4 members (excludes halogenated alkanes) is 15. The Labute approximate surface area is 255 Å². The number of hydrogen-bond acceptors (Lipinski definition) is 5. The maximum Gasteiger partial charge on any atom is 0.339 e. The summed E-state index contributed by atoms with van der Waals surface area (Å²) in [5.74, 6) is -0.0863. The lowest BCUT2D eigenvalue weighted by Gasteiger charge is -2.13. The van der Waals surface area contributed by atoms with Crippen LogP contribution in [0.15, 0.2) is 52.4 Å². The van der Waals surface area contributed by atoms with E-state index in [1.165, 1.54) is 96.0 Å². The van der Waals surface area contributed by atoms with Crippen LogP contribution in [0.25, 0.3) is 0 Å². The summed E-state index contributed by atoms with van der Waals surface area (Å²) in [5.41, 5.74) is 4.95. The number of carboxylic acids is 1. The number of carbonyl (C=O) groups is 1. The SMILES string of the molecule is CCCCCCCCCCCCCCCCCCOc1ccc(S(=O)NNC2=Nc3ccccc3C2C)cc1C(=O)O. The molecule has 2 aromatic rings. The number of benzene rings is 2.